The number of ether oxygens (including phenoxy) is 2. The van der Waals surface area contributed by atoms with Crippen LogP contribution in [0.3, 0.4) is 0 Å². The van der Waals surface area contributed by atoms with Crippen molar-refractivity contribution in [2.24, 2.45) is 7.05 Å². The van der Waals surface area contributed by atoms with E-state index in [0.717, 1.165) is 5.56 Å². The van der Waals surface area contributed by atoms with Gasteiger partial charge in [0, 0.05) is 18.8 Å². The maximum atomic E-state index is 12.2. The van der Waals surface area contributed by atoms with Crippen LogP contribution < -0.4 is 9.47 Å². The maximum Gasteiger partial charge on any atom is 0.189 e. The van der Waals surface area contributed by atoms with Gasteiger partial charge in [0.2, 0.25) is 0 Å². The molecule has 1 aromatic heterocycles. The molecule has 0 bridgehead atoms. The molecule has 0 aliphatic heterocycles. The molecule has 104 valence electrons. The van der Waals surface area contributed by atoms with Crippen LogP contribution in [0.4, 0.5) is 0 Å². The summed E-state index contributed by atoms with van der Waals surface area (Å²) in [5.41, 5.74) is 1.33. The fourth-order valence-electron chi connectivity index (χ4n) is 1.79. The first-order chi connectivity index (χ1) is 9.63. The predicted octanol–water partition coefficient (Wildman–Crippen LogP) is 2.33. The SMILES string of the molecule is COc1ccc(OC)c(C(=O)/C=C\c2cnn(C)c2)c1. The Morgan fingerprint density at radius 1 is 1.30 bits per heavy atom. The van der Waals surface area contributed by atoms with Crippen molar-refractivity contribution in [3.05, 3.63) is 47.8 Å². The summed E-state index contributed by atoms with van der Waals surface area (Å²) >= 11 is 0. The van der Waals surface area contributed by atoms with Gasteiger partial charge in [0.15, 0.2) is 5.78 Å². The van der Waals surface area contributed by atoms with E-state index in [0.29, 0.717) is 17.1 Å². The van der Waals surface area contributed by atoms with Gasteiger partial charge in [-0.3, -0.25) is 9.48 Å². The van der Waals surface area contributed by atoms with Crippen molar-refractivity contribution in [1.29, 1.82) is 0 Å². The third-order valence-electron chi connectivity index (χ3n) is 2.82. The van der Waals surface area contributed by atoms with Crippen molar-refractivity contribution >= 4 is 11.9 Å². The highest BCUT2D eigenvalue weighted by Gasteiger charge is 2.11. The normalized spacial score (nSPS) is 10.8. The van der Waals surface area contributed by atoms with Crippen LogP contribution in [-0.2, 0) is 7.05 Å². The van der Waals surface area contributed by atoms with E-state index in [4.69, 9.17) is 9.47 Å². The zero-order valence-corrected chi connectivity index (χ0v) is 11.7. The van der Waals surface area contributed by atoms with Crippen LogP contribution in [0.1, 0.15) is 15.9 Å². The summed E-state index contributed by atoms with van der Waals surface area (Å²) in [7, 11) is 4.91. The van der Waals surface area contributed by atoms with Gasteiger partial charge in [-0.05, 0) is 30.4 Å². The van der Waals surface area contributed by atoms with Crippen LogP contribution in [0.25, 0.3) is 6.08 Å². The Morgan fingerprint density at radius 2 is 2.10 bits per heavy atom. The first-order valence-corrected chi connectivity index (χ1v) is 6.07. The lowest BCUT2D eigenvalue weighted by atomic mass is 10.1. The number of aryl methyl sites for hydroxylation is 1. The number of allylic oxidation sites excluding steroid dienone is 1. The zero-order chi connectivity index (χ0) is 14.5. The second kappa shape index (κ2) is 6.06. The molecular formula is C15H16N2O3. The Kier molecular flexibility index (Phi) is 4.20. The first kappa shape index (κ1) is 13.9. The highest BCUT2D eigenvalue weighted by atomic mass is 16.5. The van der Waals surface area contributed by atoms with Gasteiger partial charge in [-0.15, -0.1) is 0 Å². The van der Waals surface area contributed by atoms with Crippen molar-refractivity contribution in [3.8, 4) is 11.5 Å². The van der Waals surface area contributed by atoms with Crippen molar-refractivity contribution in [1.82, 2.24) is 9.78 Å². The highest BCUT2D eigenvalue weighted by Crippen LogP contribution is 2.24. The molecule has 1 aromatic carbocycles. The van der Waals surface area contributed by atoms with Gasteiger partial charge in [-0.1, -0.05) is 0 Å². The van der Waals surface area contributed by atoms with E-state index in [1.54, 1.807) is 42.3 Å². The molecule has 0 amide bonds. The highest BCUT2D eigenvalue weighted by molar-refractivity contribution is 6.08. The summed E-state index contributed by atoms with van der Waals surface area (Å²) in [6.07, 6.45) is 6.72. The van der Waals surface area contributed by atoms with Gasteiger partial charge in [-0.2, -0.15) is 5.10 Å². The van der Waals surface area contributed by atoms with Crippen LogP contribution in [0.15, 0.2) is 36.7 Å². The summed E-state index contributed by atoms with van der Waals surface area (Å²) < 4.78 is 12.0. The third kappa shape index (κ3) is 3.06. The lowest BCUT2D eigenvalue weighted by Gasteiger charge is -2.07. The van der Waals surface area contributed by atoms with E-state index in [2.05, 4.69) is 5.10 Å². The second-order valence-corrected chi connectivity index (χ2v) is 4.21. The Labute approximate surface area is 117 Å². The monoisotopic (exact) mass is 272 g/mol. The molecule has 0 saturated carbocycles. The molecule has 2 aromatic rings. The lowest BCUT2D eigenvalue weighted by Crippen LogP contribution is -1.99. The topological polar surface area (TPSA) is 53.4 Å². The van der Waals surface area contributed by atoms with Gasteiger partial charge < -0.3 is 9.47 Å². The van der Waals surface area contributed by atoms with Crippen LogP contribution in [0.5, 0.6) is 11.5 Å². The van der Waals surface area contributed by atoms with Crippen molar-refractivity contribution in [2.75, 3.05) is 14.2 Å². The average molecular weight is 272 g/mol. The summed E-state index contributed by atoms with van der Waals surface area (Å²) in [6, 6.07) is 5.12. The number of ketones is 1. The minimum Gasteiger partial charge on any atom is -0.497 e. The van der Waals surface area contributed by atoms with Crippen molar-refractivity contribution in [3.63, 3.8) is 0 Å². The number of rotatable bonds is 5. The Hall–Kier alpha value is -2.56. The molecular weight excluding hydrogens is 256 g/mol. The molecule has 0 aliphatic carbocycles. The van der Waals surface area contributed by atoms with Gasteiger partial charge in [0.05, 0.1) is 26.0 Å². The summed E-state index contributed by atoms with van der Waals surface area (Å²) in [5.74, 6) is 0.986. The summed E-state index contributed by atoms with van der Waals surface area (Å²) in [6.45, 7) is 0. The number of hydrogen-bond donors (Lipinski definition) is 0. The Morgan fingerprint density at radius 3 is 2.70 bits per heavy atom. The fraction of sp³-hybridized carbons (Fsp3) is 0.200. The second-order valence-electron chi connectivity index (χ2n) is 4.21. The zero-order valence-electron chi connectivity index (χ0n) is 11.7. The predicted molar refractivity (Wildman–Crippen MR) is 76.1 cm³/mol. The third-order valence-corrected chi connectivity index (χ3v) is 2.82. The molecule has 5 nitrogen and oxygen atoms in total. The van der Waals surface area contributed by atoms with Gasteiger partial charge in [-0.25, -0.2) is 0 Å². The summed E-state index contributed by atoms with van der Waals surface area (Å²) in [5, 5.41) is 4.04. The molecule has 1 heterocycles. The number of methoxy groups -OCH3 is 2. The van der Waals surface area contributed by atoms with Crippen LogP contribution in [0, 0.1) is 0 Å². The Balaban J connectivity index is 2.26. The van der Waals surface area contributed by atoms with Gasteiger partial charge in [0.25, 0.3) is 0 Å². The maximum absolute atomic E-state index is 12.2. The minimum absolute atomic E-state index is 0.149. The van der Waals surface area contributed by atoms with Crippen LogP contribution >= 0.6 is 0 Å². The number of carbonyl (C=O) groups excluding carboxylic acids is 1. The van der Waals surface area contributed by atoms with Gasteiger partial charge in [0.1, 0.15) is 11.5 Å². The molecule has 0 unspecified atom stereocenters. The van der Waals surface area contributed by atoms with E-state index in [1.807, 2.05) is 13.2 Å². The van der Waals surface area contributed by atoms with Crippen LogP contribution in [0.2, 0.25) is 0 Å². The Bertz CT molecular complexity index is 644. The summed E-state index contributed by atoms with van der Waals surface area (Å²) in [4.78, 5) is 12.2. The molecule has 0 spiro atoms. The van der Waals surface area contributed by atoms with Crippen molar-refractivity contribution < 1.29 is 14.3 Å². The number of nitrogens with zero attached hydrogens (tertiary/aromatic N) is 2. The first-order valence-electron chi connectivity index (χ1n) is 6.07. The largest absolute Gasteiger partial charge is 0.497 e. The van der Waals surface area contributed by atoms with E-state index in [9.17, 15) is 4.79 Å². The number of aromatic nitrogens is 2. The molecule has 5 heteroatoms. The minimum atomic E-state index is -0.149. The quantitative estimate of drug-likeness (QED) is 0.619. The number of hydrogen-bond acceptors (Lipinski definition) is 4. The molecule has 0 atom stereocenters. The average Bonchev–Trinajstić information content (AvgIpc) is 2.89. The fourth-order valence-corrected chi connectivity index (χ4v) is 1.79. The molecule has 0 fully saturated rings. The molecule has 2 rings (SSSR count). The molecule has 0 N–H and O–H groups in total. The number of benzene rings is 1. The van der Waals surface area contributed by atoms with E-state index >= 15 is 0 Å². The van der Waals surface area contributed by atoms with E-state index < -0.39 is 0 Å². The molecule has 0 aliphatic rings. The standard InChI is InChI=1S/C15H16N2O3/c1-17-10-11(9-16-17)4-6-14(18)13-8-12(19-2)5-7-15(13)20-3/h4-10H,1-3H3/b6-4-. The molecule has 0 saturated heterocycles. The van der Waals surface area contributed by atoms with Crippen LogP contribution in [-0.4, -0.2) is 29.8 Å². The van der Waals surface area contributed by atoms with Crippen molar-refractivity contribution in [2.45, 2.75) is 0 Å². The lowest BCUT2D eigenvalue weighted by molar-refractivity contribution is 0.104. The molecule has 20 heavy (non-hydrogen) atoms. The molecule has 0 radical (unpaired) electrons. The van der Waals surface area contributed by atoms with E-state index in [-0.39, 0.29) is 5.78 Å². The van der Waals surface area contributed by atoms with Gasteiger partial charge >= 0.3 is 0 Å². The smallest absolute Gasteiger partial charge is 0.189 e. The number of carbonyl (C=O) groups is 1. The van der Waals surface area contributed by atoms with E-state index in [1.165, 1.54) is 13.2 Å².